The molecule has 0 saturated heterocycles. The lowest BCUT2D eigenvalue weighted by Crippen LogP contribution is -2.29. The van der Waals surface area contributed by atoms with E-state index in [-0.39, 0.29) is 13.2 Å². The zero-order valence-electron chi connectivity index (χ0n) is 15.1. The Hall–Kier alpha value is -2.25. The summed E-state index contributed by atoms with van der Waals surface area (Å²) in [6.07, 6.45) is -1.46. The van der Waals surface area contributed by atoms with Crippen LogP contribution in [0, 0.1) is 0 Å². The fourth-order valence-electron chi connectivity index (χ4n) is 2.19. The monoisotopic (exact) mass is 398 g/mol. The van der Waals surface area contributed by atoms with E-state index in [2.05, 4.69) is 0 Å². The van der Waals surface area contributed by atoms with Gasteiger partial charge in [-0.05, 0) is 24.3 Å². The molecule has 148 valence electrons. The van der Waals surface area contributed by atoms with Gasteiger partial charge in [0.25, 0.3) is 0 Å². The van der Waals surface area contributed by atoms with Crippen LogP contribution < -0.4 is 18.9 Å². The van der Waals surface area contributed by atoms with Gasteiger partial charge in [0.15, 0.2) is 23.0 Å². The normalized spacial score (nSPS) is 11.3. The average molecular weight is 398 g/mol. The highest BCUT2D eigenvalue weighted by Gasteiger charge is 2.20. The van der Waals surface area contributed by atoms with Crippen molar-refractivity contribution in [2.75, 3.05) is 33.8 Å². The van der Waals surface area contributed by atoms with Crippen molar-refractivity contribution >= 4 is 7.60 Å². The minimum absolute atomic E-state index is 0.00945. The van der Waals surface area contributed by atoms with Gasteiger partial charge in [-0.2, -0.15) is 0 Å². The van der Waals surface area contributed by atoms with E-state index in [9.17, 15) is 4.57 Å². The van der Waals surface area contributed by atoms with Crippen LogP contribution in [-0.4, -0.2) is 49.7 Å². The van der Waals surface area contributed by atoms with E-state index in [1.165, 1.54) is 14.2 Å². The van der Waals surface area contributed by atoms with E-state index in [1.807, 2.05) is 0 Å². The summed E-state index contributed by atoms with van der Waals surface area (Å²) in [7, 11) is -1.28. The SMILES string of the molecule is COc1ccccc1OCC(COc1ccccc1OC)OCP(=O)(O)O. The number of para-hydroxylation sites is 4. The quantitative estimate of drug-likeness (QED) is 0.557. The minimum atomic E-state index is -4.32. The van der Waals surface area contributed by atoms with Crippen LogP contribution >= 0.6 is 7.60 Å². The summed E-state index contributed by atoms with van der Waals surface area (Å²) in [4.78, 5) is 18.1. The molecule has 0 aromatic heterocycles. The number of hydrogen-bond donors (Lipinski definition) is 2. The van der Waals surface area contributed by atoms with Gasteiger partial charge in [0.1, 0.15) is 25.7 Å². The first-order chi connectivity index (χ1) is 12.9. The highest BCUT2D eigenvalue weighted by molar-refractivity contribution is 7.51. The van der Waals surface area contributed by atoms with Gasteiger partial charge in [-0.3, -0.25) is 4.57 Å². The smallest absolute Gasteiger partial charge is 0.350 e. The molecule has 2 aromatic rings. The zero-order valence-corrected chi connectivity index (χ0v) is 16.0. The van der Waals surface area contributed by atoms with Gasteiger partial charge in [-0.1, -0.05) is 24.3 Å². The van der Waals surface area contributed by atoms with Gasteiger partial charge in [0.05, 0.1) is 14.2 Å². The molecular weight excluding hydrogens is 375 g/mol. The Bertz CT molecular complexity index is 709. The third kappa shape index (κ3) is 7.11. The molecule has 0 amide bonds. The minimum Gasteiger partial charge on any atom is -0.493 e. The maximum absolute atomic E-state index is 11.1. The second-order valence-corrected chi connectivity index (χ2v) is 7.09. The Morgan fingerprint density at radius 3 is 1.59 bits per heavy atom. The molecule has 2 rings (SSSR count). The Labute approximate surface area is 157 Å². The van der Waals surface area contributed by atoms with Gasteiger partial charge in [-0.15, -0.1) is 0 Å². The molecule has 8 nitrogen and oxygen atoms in total. The Kier molecular flexibility index (Phi) is 7.94. The van der Waals surface area contributed by atoms with E-state index in [0.717, 1.165) is 0 Å². The second-order valence-electron chi connectivity index (χ2n) is 5.51. The molecule has 2 aromatic carbocycles. The molecule has 0 bridgehead atoms. The summed E-state index contributed by atoms with van der Waals surface area (Å²) >= 11 is 0. The van der Waals surface area contributed by atoms with Crippen LogP contribution in [0.25, 0.3) is 0 Å². The molecule has 0 atom stereocenters. The molecule has 0 radical (unpaired) electrons. The average Bonchev–Trinajstić information content (AvgIpc) is 2.67. The first-order valence-corrected chi connectivity index (χ1v) is 9.90. The van der Waals surface area contributed by atoms with Gasteiger partial charge >= 0.3 is 7.60 Å². The Balaban J connectivity index is 2.02. The van der Waals surface area contributed by atoms with Crippen molar-refractivity contribution in [1.82, 2.24) is 0 Å². The van der Waals surface area contributed by atoms with Crippen molar-refractivity contribution in [3.63, 3.8) is 0 Å². The van der Waals surface area contributed by atoms with Crippen molar-refractivity contribution in [1.29, 1.82) is 0 Å². The summed E-state index contributed by atoms with van der Waals surface area (Å²) < 4.78 is 38.2. The molecule has 9 heteroatoms. The first-order valence-electron chi connectivity index (χ1n) is 8.10. The van der Waals surface area contributed by atoms with Crippen molar-refractivity contribution in [2.45, 2.75) is 6.10 Å². The number of rotatable bonds is 11. The zero-order chi connectivity index (χ0) is 19.7. The number of ether oxygens (including phenoxy) is 5. The molecule has 0 saturated carbocycles. The van der Waals surface area contributed by atoms with Crippen LogP contribution in [0.5, 0.6) is 23.0 Å². The molecule has 0 heterocycles. The fourth-order valence-corrected chi connectivity index (χ4v) is 2.59. The van der Waals surface area contributed by atoms with E-state index in [1.54, 1.807) is 48.5 Å². The van der Waals surface area contributed by atoms with Crippen LogP contribution in [-0.2, 0) is 9.30 Å². The third-order valence-electron chi connectivity index (χ3n) is 3.47. The van der Waals surface area contributed by atoms with E-state index < -0.39 is 20.0 Å². The highest BCUT2D eigenvalue weighted by atomic mass is 31.2. The predicted molar refractivity (Wildman–Crippen MR) is 98.8 cm³/mol. The fraction of sp³-hybridized carbons (Fsp3) is 0.333. The van der Waals surface area contributed by atoms with Crippen molar-refractivity contribution < 1.29 is 38.0 Å². The highest BCUT2D eigenvalue weighted by Crippen LogP contribution is 2.35. The molecule has 2 N–H and O–H groups in total. The van der Waals surface area contributed by atoms with E-state index in [4.69, 9.17) is 33.5 Å². The van der Waals surface area contributed by atoms with E-state index >= 15 is 0 Å². The van der Waals surface area contributed by atoms with Crippen LogP contribution in [0.2, 0.25) is 0 Å². The number of hydrogen-bond acceptors (Lipinski definition) is 6. The predicted octanol–water partition coefficient (Wildman–Crippen LogP) is 2.68. The first kappa shape index (κ1) is 21.1. The molecule has 0 unspecified atom stereocenters. The molecule has 27 heavy (non-hydrogen) atoms. The van der Waals surface area contributed by atoms with Crippen LogP contribution in [0.4, 0.5) is 0 Å². The molecule has 0 aliphatic heterocycles. The van der Waals surface area contributed by atoms with E-state index in [0.29, 0.717) is 23.0 Å². The summed E-state index contributed by atoms with van der Waals surface area (Å²) in [6.45, 7) is 0.0189. The van der Waals surface area contributed by atoms with Gasteiger partial charge < -0.3 is 33.5 Å². The van der Waals surface area contributed by atoms with Crippen LogP contribution in [0.3, 0.4) is 0 Å². The van der Waals surface area contributed by atoms with Crippen molar-refractivity contribution in [3.05, 3.63) is 48.5 Å². The maximum atomic E-state index is 11.1. The lowest BCUT2D eigenvalue weighted by atomic mass is 10.3. The van der Waals surface area contributed by atoms with Gasteiger partial charge in [-0.25, -0.2) is 0 Å². The van der Waals surface area contributed by atoms with Crippen LogP contribution in [0.1, 0.15) is 0 Å². The lowest BCUT2D eigenvalue weighted by Gasteiger charge is -2.20. The Morgan fingerprint density at radius 2 is 1.22 bits per heavy atom. The molecule has 0 aliphatic carbocycles. The molecule has 0 fully saturated rings. The largest absolute Gasteiger partial charge is 0.493 e. The van der Waals surface area contributed by atoms with Crippen molar-refractivity contribution in [3.8, 4) is 23.0 Å². The summed E-state index contributed by atoms with van der Waals surface area (Å²) in [5.41, 5.74) is 0. The second kappa shape index (κ2) is 10.2. The molecular formula is C18H23O8P. The van der Waals surface area contributed by atoms with Crippen molar-refractivity contribution in [2.24, 2.45) is 0 Å². The van der Waals surface area contributed by atoms with Gasteiger partial charge in [0.2, 0.25) is 0 Å². The standard InChI is InChI=1S/C18H23O8P/c1-22-15-7-3-5-9-17(15)24-11-14(26-13-27(19,20)21)12-25-18-10-6-4-8-16(18)23-2/h3-10,14H,11-13H2,1-2H3,(H2,19,20,21). The molecule has 0 spiro atoms. The molecule has 0 aliphatic rings. The number of methoxy groups -OCH3 is 2. The number of benzene rings is 2. The summed E-state index contributed by atoms with van der Waals surface area (Å²) in [6, 6.07) is 14.1. The van der Waals surface area contributed by atoms with Gasteiger partial charge in [0, 0.05) is 0 Å². The lowest BCUT2D eigenvalue weighted by molar-refractivity contribution is 0.00702. The topological polar surface area (TPSA) is 104 Å². The maximum Gasteiger partial charge on any atom is 0.350 e. The van der Waals surface area contributed by atoms with Crippen LogP contribution in [0.15, 0.2) is 48.5 Å². The Morgan fingerprint density at radius 1 is 0.815 bits per heavy atom. The summed E-state index contributed by atoms with van der Waals surface area (Å²) in [5.74, 6) is 2.05. The third-order valence-corrected chi connectivity index (χ3v) is 3.95. The summed E-state index contributed by atoms with van der Waals surface area (Å²) in [5, 5.41) is 0.